The lowest BCUT2D eigenvalue weighted by Crippen LogP contribution is -2.27. The number of rotatable bonds is 9. The van der Waals surface area contributed by atoms with E-state index in [1.165, 1.54) is 0 Å². The van der Waals surface area contributed by atoms with Gasteiger partial charge < -0.3 is 25.0 Å². The lowest BCUT2D eigenvalue weighted by atomic mass is 10.1. The second-order valence-electron chi connectivity index (χ2n) is 6.41. The van der Waals surface area contributed by atoms with E-state index in [4.69, 9.17) is 9.47 Å². The fourth-order valence-corrected chi connectivity index (χ4v) is 2.67. The molecular weight excluding hydrogens is 358 g/mol. The molecule has 0 radical (unpaired) electrons. The van der Waals surface area contributed by atoms with Crippen molar-refractivity contribution < 1.29 is 19.1 Å². The van der Waals surface area contributed by atoms with Crippen LogP contribution in [0.5, 0.6) is 5.75 Å². The number of ether oxygens (including phenoxy) is 2. The van der Waals surface area contributed by atoms with Crippen LogP contribution < -0.4 is 20.3 Å². The standard InChI is InChI=1S/C21H27N3O4/c1-24(2)19-10-9-16(14-18(19)21(26)22-11-6-12-27-3)23-20(25)15-7-5-8-17(13-15)28-4/h5,7-10,13-14H,6,11-12H2,1-4H3,(H,22,26)(H,23,25). The SMILES string of the molecule is COCCCNC(=O)c1cc(NC(=O)c2cccc(OC)c2)ccc1N(C)C. The van der Waals surface area contributed by atoms with Crippen LogP contribution in [0.4, 0.5) is 11.4 Å². The van der Waals surface area contributed by atoms with Gasteiger partial charge in [0.1, 0.15) is 5.75 Å². The third kappa shape index (κ3) is 5.72. The van der Waals surface area contributed by atoms with Gasteiger partial charge in [-0.15, -0.1) is 0 Å². The molecule has 0 spiro atoms. The minimum Gasteiger partial charge on any atom is -0.497 e. The molecule has 0 heterocycles. The second-order valence-corrected chi connectivity index (χ2v) is 6.41. The summed E-state index contributed by atoms with van der Waals surface area (Å²) in [4.78, 5) is 27.0. The van der Waals surface area contributed by atoms with Crippen LogP contribution in [-0.2, 0) is 4.74 Å². The highest BCUT2D eigenvalue weighted by atomic mass is 16.5. The quantitative estimate of drug-likeness (QED) is 0.649. The van der Waals surface area contributed by atoms with Crippen molar-refractivity contribution in [3.63, 3.8) is 0 Å². The number of hydrogen-bond donors (Lipinski definition) is 2. The molecule has 2 rings (SSSR count). The Morgan fingerprint density at radius 2 is 1.82 bits per heavy atom. The fourth-order valence-electron chi connectivity index (χ4n) is 2.67. The van der Waals surface area contributed by atoms with Gasteiger partial charge in [0.25, 0.3) is 11.8 Å². The van der Waals surface area contributed by atoms with Crippen molar-refractivity contribution in [2.75, 3.05) is 51.7 Å². The van der Waals surface area contributed by atoms with Crippen molar-refractivity contribution >= 4 is 23.2 Å². The lowest BCUT2D eigenvalue weighted by Gasteiger charge is -2.18. The Labute approximate surface area is 165 Å². The summed E-state index contributed by atoms with van der Waals surface area (Å²) in [5.74, 6) is 0.131. The van der Waals surface area contributed by atoms with Crippen molar-refractivity contribution in [2.24, 2.45) is 0 Å². The molecule has 0 aliphatic carbocycles. The molecule has 0 saturated carbocycles. The Morgan fingerprint density at radius 3 is 2.50 bits per heavy atom. The van der Waals surface area contributed by atoms with Gasteiger partial charge in [-0.1, -0.05) is 6.07 Å². The molecule has 0 aliphatic rings. The van der Waals surface area contributed by atoms with Crippen LogP contribution in [0.2, 0.25) is 0 Å². The molecule has 0 saturated heterocycles. The molecule has 2 N–H and O–H groups in total. The topological polar surface area (TPSA) is 79.9 Å². The summed E-state index contributed by atoms with van der Waals surface area (Å²) >= 11 is 0. The van der Waals surface area contributed by atoms with E-state index >= 15 is 0 Å². The first-order chi connectivity index (χ1) is 13.5. The van der Waals surface area contributed by atoms with Gasteiger partial charge in [0, 0.05) is 51.3 Å². The summed E-state index contributed by atoms with van der Waals surface area (Å²) in [7, 11) is 6.91. The van der Waals surface area contributed by atoms with Crippen LogP contribution in [0.1, 0.15) is 27.1 Å². The first kappa shape index (κ1) is 21.2. The number of anilines is 2. The molecule has 2 aromatic rings. The fraction of sp³-hybridized carbons (Fsp3) is 0.333. The van der Waals surface area contributed by atoms with E-state index in [0.29, 0.717) is 35.7 Å². The van der Waals surface area contributed by atoms with Gasteiger partial charge in [0.2, 0.25) is 0 Å². The minimum absolute atomic E-state index is 0.197. The molecule has 0 aromatic heterocycles. The van der Waals surface area contributed by atoms with E-state index in [1.807, 2.05) is 25.1 Å². The second kappa shape index (κ2) is 10.3. The van der Waals surface area contributed by atoms with Crippen LogP contribution in [0, 0.1) is 0 Å². The van der Waals surface area contributed by atoms with Crippen LogP contribution >= 0.6 is 0 Å². The maximum atomic E-state index is 12.6. The molecule has 7 heteroatoms. The van der Waals surface area contributed by atoms with Gasteiger partial charge in [-0.25, -0.2) is 0 Å². The number of carbonyl (C=O) groups is 2. The van der Waals surface area contributed by atoms with Crippen molar-refractivity contribution in [1.82, 2.24) is 5.32 Å². The van der Waals surface area contributed by atoms with E-state index < -0.39 is 0 Å². The number of nitrogens with zero attached hydrogens (tertiary/aromatic N) is 1. The van der Waals surface area contributed by atoms with Crippen LogP contribution in [0.15, 0.2) is 42.5 Å². The maximum absolute atomic E-state index is 12.6. The Bertz CT molecular complexity index is 821. The van der Waals surface area contributed by atoms with Crippen LogP contribution in [0.25, 0.3) is 0 Å². The maximum Gasteiger partial charge on any atom is 0.255 e. The van der Waals surface area contributed by atoms with Gasteiger partial charge in [0.15, 0.2) is 0 Å². The minimum atomic E-state index is -0.275. The zero-order valence-electron chi connectivity index (χ0n) is 16.7. The average molecular weight is 385 g/mol. The summed E-state index contributed by atoms with van der Waals surface area (Å²) in [5, 5.41) is 5.72. The number of carbonyl (C=O) groups excluding carboxylic acids is 2. The van der Waals surface area contributed by atoms with E-state index in [0.717, 1.165) is 12.1 Å². The highest BCUT2D eigenvalue weighted by molar-refractivity contribution is 6.06. The Balaban J connectivity index is 2.18. The first-order valence-electron chi connectivity index (χ1n) is 9.00. The van der Waals surface area contributed by atoms with Gasteiger partial charge in [0.05, 0.1) is 12.7 Å². The summed E-state index contributed by atoms with van der Waals surface area (Å²) in [6.45, 7) is 1.09. The number of hydrogen-bond acceptors (Lipinski definition) is 5. The normalized spacial score (nSPS) is 10.3. The molecule has 150 valence electrons. The van der Waals surface area contributed by atoms with Gasteiger partial charge in [-0.2, -0.15) is 0 Å². The molecule has 7 nitrogen and oxygen atoms in total. The zero-order valence-corrected chi connectivity index (χ0v) is 16.7. The summed E-state index contributed by atoms with van der Waals surface area (Å²) in [5.41, 5.74) is 2.27. The largest absolute Gasteiger partial charge is 0.497 e. The summed E-state index contributed by atoms with van der Waals surface area (Å²) in [6, 6.07) is 12.2. The summed E-state index contributed by atoms with van der Waals surface area (Å²) < 4.78 is 10.2. The average Bonchev–Trinajstić information content (AvgIpc) is 2.70. The molecule has 0 aliphatic heterocycles. The molecule has 0 atom stereocenters. The Hall–Kier alpha value is -3.06. The van der Waals surface area contributed by atoms with Crippen molar-refractivity contribution in [1.29, 1.82) is 0 Å². The smallest absolute Gasteiger partial charge is 0.255 e. The molecule has 0 fully saturated rings. The monoisotopic (exact) mass is 385 g/mol. The van der Waals surface area contributed by atoms with Crippen LogP contribution in [0.3, 0.4) is 0 Å². The number of methoxy groups -OCH3 is 2. The van der Waals surface area contributed by atoms with Crippen LogP contribution in [-0.4, -0.2) is 53.3 Å². The Morgan fingerprint density at radius 1 is 1.04 bits per heavy atom. The van der Waals surface area contributed by atoms with Gasteiger partial charge in [-0.3, -0.25) is 9.59 Å². The molecule has 0 unspecified atom stereocenters. The first-order valence-corrected chi connectivity index (χ1v) is 9.00. The molecule has 2 amide bonds. The highest BCUT2D eigenvalue weighted by Crippen LogP contribution is 2.24. The van der Waals surface area contributed by atoms with E-state index in [1.54, 1.807) is 50.6 Å². The van der Waals surface area contributed by atoms with E-state index in [2.05, 4.69) is 10.6 Å². The predicted molar refractivity (Wildman–Crippen MR) is 111 cm³/mol. The van der Waals surface area contributed by atoms with E-state index in [9.17, 15) is 9.59 Å². The Kier molecular flexibility index (Phi) is 7.83. The molecular formula is C21H27N3O4. The van der Waals surface area contributed by atoms with E-state index in [-0.39, 0.29) is 11.8 Å². The third-order valence-corrected chi connectivity index (χ3v) is 4.12. The zero-order chi connectivity index (χ0) is 20.5. The molecule has 28 heavy (non-hydrogen) atoms. The van der Waals surface area contributed by atoms with Crippen molar-refractivity contribution in [3.8, 4) is 5.75 Å². The van der Waals surface area contributed by atoms with Gasteiger partial charge in [-0.05, 0) is 42.8 Å². The highest BCUT2D eigenvalue weighted by Gasteiger charge is 2.15. The third-order valence-electron chi connectivity index (χ3n) is 4.12. The predicted octanol–water partition coefficient (Wildman–Crippen LogP) is 2.78. The number of amides is 2. The molecule has 2 aromatic carbocycles. The van der Waals surface area contributed by atoms with Crippen molar-refractivity contribution in [3.05, 3.63) is 53.6 Å². The van der Waals surface area contributed by atoms with Gasteiger partial charge >= 0.3 is 0 Å². The summed E-state index contributed by atoms with van der Waals surface area (Å²) in [6.07, 6.45) is 0.728. The van der Waals surface area contributed by atoms with Crippen molar-refractivity contribution in [2.45, 2.75) is 6.42 Å². The number of nitrogens with one attached hydrogen (secondary N) is 2. The number of benzene rings is 2. The molecule has 0 bridgehead atoms. The lowest BCUT2D eigenvalue weighted by molar-refractivity contribution is 0.0947.